The Morgan fingerprint density at radius 3 is 2.57 bits per heavy atom. The van der Waals surface area contributed by atoms with Crippen molar-refractivity contribution in [1.82, 2.24) is 25.1 Å². The normalized spacial score (nSPS) is 12.5. The molecule has 4 rings (SSSR count). The van der Waals surface area contributed by atoms with E-state index in [1.165, 1.54) is 0 Å². The largest absolute Gasteiger partial charge is 0.457 e. The Morgan fingerprint density at radius 2 is 1.87 bits per heavy atom. The number of hydrogen-bond donors (Lipinski definition) is 2. The van der Waals surface area contributed by atoms with Gasteiger partial charge in [-0.2, -0.15) is 5.10 Å². The highest BCUT2D eigenvalue weighted by atomic mass is 16.5. The maximum absolute atomic E-state index is 6.04. The fraction of sp³-hybridized carbons (Fsp3) is 0.304. The van der Waals surface area contributed by atoms with Gasteiger partial charge in [0.25, 0.3) is 0 Å². The molecule has 0 amide bonds. The lowest BCUT2D eigenvalue weighted by Gasteiger charge is -2.26. The summed E-state index contributed by atoms with van der Waals surface area (Å²) in [6.07, 6.45) is 1.74. The van der Waals surface area contributed by atoms with Gasteiger partial charge in [0.1, 0.15) is 17.3 Å². The van der Waals surface area contributed by atoms with Crippen molar-refractivity contribution in [1.29, 1.82) is 0 Å². The Bertz CT molecular complexity index is 1070. The van der Waals surface area contributed by atoms with Crippen LogP contribution in [0.1, 0.15) is 19.7 Å². The highest BCUT2D eigenvalue weighted by Gasteiger charge is 2.14. The number of aromatic nitrogens is 4. The molecule has 0 radical (unpaired) electrons. The van der Waals surface area contributed by atoms with Crippen molar-refractivity contribution in [3.63, 3.8) is 0 Å². The molecule has 0 spiro atoms. The summed E-state index contributed by atoms with van der Waals surface area (Å²) in [5.74, 6) is 2.49. The number of fused-ring (bicyclic) bond motifs is 1. The number of ether oxygens (including phenoxy) is 2. The lowest BCUT2D eigenvalue weighted by Crippen LogP contribution is -2.35. The summed E-state index contributed by atoms with van der Waals surface area (Å²) in [6, 6.07) is 16.1. The molecule has 0 fully saturated rings. The van der Waals surface area contributed by atoms with Crippen LogP contribution >= 0.6 is 0 Å². The molecule has 7 nitrogen and oxygen atoms in total. The molecule has 1 atom stereocenters. The van der Waals surface area contributed by atoms with Gasteiger partial charge in [0, 0.05) is 25.4 Å². The monoisotopic (exact) mass is 405 g/mol. The van der Waals surface area contributed by atoms with Gasteiger partial charge >= 0.3 is 0 Å². The second kappa shape index (κ2) is 9.11. The first-order valence-electron chi connectivity index (χ1n) is 10.2. The molecule has 2 aromatic carbocycles. The van der Waals surface area contributed by atoms with Crippen molar-refractivity contribution in [2.24, 2.45) is 0 Å². The van der Waals surface area contributed by atoms with Gasteiger partial charge in [0.2, 0.25) is 0 Å². The number of rotatable bonds is 9. The molecule has 0 bridgehead atoms. The molecule has 0 aliphatic rings. The lowest BCUT2D eigenvalue weighted by molar-refractivity contribution is 0.0967. The Hall–Kier alpha value is -3.16. The van der Waals surface area contributed by atoms with E-state index in [9.17, 15) is 0 Å². The Balaban J connectivity index is 1.47. The molecule has 1 unspecified atom stereocenters. The molecule has 0 saturated carbocycles. The van der Waals surface area contributed by atoms with E-state index in [0.717, 1.165) is 52.7 Å². The first kappa shape index (κ1) is 20.1. The van der Waals surface area contributed by atoms with Crippen LogP contribution in [0, 0.1) is 0 Å². The second-order valence-electron chi connectivity index (χ2n) is 7.33. The number of likely N-dealkylation sites (N-methyl/N-ethyl adjacent to an activating group) is 1. The van der Waals surface area contributed by atoms with E-state index in [2.05, 4.69) is 33.9 Å². The molecule has 2 N–H and O–H groups in total. The highest BCUT2D eigenvalue weighted by Crippen LogP contribution is 2.27. The van der Waals surface area contributed by atoms with Crippen LogP contribution in [0.25, 0.3) is 22.3 Å². The van der Waals surface area contributed by atoms with E-state index in [-0.39, 0.29) is 0 Å². The summed E-state index contributed by atoms with van der Waals surface area (Å²) in [5, 5.41) is 6.95. The molecule has 30 heavy (non-hydrogen) atoms. The topological polar surface area (TPSA) is 79.1 Å². The number of imidazole rings is 1. The van der Waals surface area contributed by atoms with Crippen molar-refractivity contribution in [2.45, 2.75) is 26.4 Å². The van der Waals surface area contributed by atoms with E-state index in [1.54, 1.807) is 13.3 Å². The summed E-state index contributed by atoms with van der Waals surface area (Å²) in [6.45, 7) is 6.70. The van der Waals surface area contributed by atoms with Crippen LogP contribution in [0.5, 0.6) is 11.5 Å². The van der Waals surface area contributed by atoms with Crippen LogP contribution in [0.15, 0.2) is 54.7 Å². The van der Waals surface area contributed by atoms with Crippen molar-refractivity contribution in [2.75, 3.05) is 20.3 Å². The number of H-pyrrole nitrogens is 2. The number of hydrogen-bond acceptors (Lipinski definition) is 5. The van der Waals surface area contributed by atoms with Crippen LogP contribution in [0.4, 0.5) is 0 Å². The van der Waals surface area contributed by atoms with Crippen molar-refractivity contribution in [3.05, 3.63) is 60.6 Å². The number of aromatic amines is 2. The number of benzene rings is 2. The van der Waals surface area contributed by atoms with Crippen LogP contribution in [-0.2, 0) is 11.3 Å². The molecular formula is C23H27N5O2. The van der Waals surface area contributed by atoms with E-state index in [4.69, 9.17) is 14.5 Å². The van der Waals surface area contributed by atoms with Crippen molar-refractivity contribution < 1.29 is 9.47 Å². The third-order valence-electron chi connectivity index (χ3n) is 5.19. The third-order valence-corrected chi connectivity index (χ3v) is 5.19. The molecular weight excluding hydrogens is 378 g/mol. The first-order chi connectivity index (χ1) is 14.7. The zero-order chi connectivity index (χ0) is 20.9. The van der Waals surface area contributed by atoms with Gasteiger partial charge in [0.05, 0.1) is 29.9 Å². The van der Waals surface area contributed by atoms with Gasteiger partial charge in [-0.25, -0.2) is 4.98 Å². The van der Waals surface area contributed by atoms with E-state index >= 15 is 0 Å². The van der Waals surface area contributed by atoms with E-state index in [0.29, 0.717) is 12.6 Å². The van der Waals surface area contributed by atoms with Gasteiger partial charge in [-0.3, -0.25) is 10.00 Å². The van der Waals surface area contributed by atoms with Crippen LogP contribution in [0.3, 0.4) is 0 Å². The van der Waals surface area contributed by atoms with Gasteiger partial charge in [-0.15, -0.1) is 0 Å². The summed E-state index contributed by atoms with van der Waals surface area (Å²) in [4.78, 5) is 10.5. The maximum atomic E-state index is 6.04. The quantitative estimate of drug-likeness (QED) is 0.425. The molecule has 4 aromatic rings. The Kier molecular flexibility index (Phi) is 6.11. The van der Waals surface area contributed by atoms with E-state index < -0.39 is 0 Å². The van der Waals surface area contributed by atoms with E-state index in [1.807, 2.05) is 48.5 Å². The summed E-state index contributed by atoms with van der Waals surface area (Å²) in [5.41, 5.74) is 3.94. The number of methoxy groups -OCH3 is 1. The second-order valence-corrected chi connectivity index (χ2v) is 7.33. The fourth-order valence-electron chi connectivity index (χ4n) is 3.55. The van der Waals surface area contributed by atoms with Crippen molar-refractivity contribution in [3.8, 4) is 22.8 Å². The molecule has 0 aliphatic heterocycles. The van der Waals surface area contributed by atoms with Gasteiger partial charge in [0.15, 0.2) is 0 Å². The summed E-state index contributed by atoms with van der Waals surface area (Å²) >= 11 is 0. The standard InChI is InChI=1S/C23H27N5O2/c1-4-28(16(2)15-29-3)14-23-25-21-10-9-19(13-22(21)26-23)30-18-7-5-17(6-8-18)20-11-12-24-27-20/h5-13,16H,4,14-15H2,1-3H3,(H,24,27)(H,25,26). The molecule has 156 valence electrons. The summed E-state index contributed by atoms with van der Waals surface area (Å²) in [7, 11) is 1.73. The average Bonchev–Trinajstić information content (AvgIpc) is 3.42. The molecule has 0 saturated heterocycles. The van der Waals surface area contributed by atoms with Gasteiger partial charge in [-0.1, -0.05) is 6.92 Å². The fourth-order valence-corrected chi connectivity index (χ4v) is 3.55. The molecule has 2 heterocycles. The molecule has 2 aromatic heterocycles. The average molecular weight is 406 g/mol. The predicted molar refractivity (Wildman–Crippen MR) is 118 cm³/mol. The molecule has 7 heteroatoms. The predicted octanol–water partition coefficient (Wildman–Crippen LogP) is 4.60. The smallest absolute Gasteiger partial charge is 0.129 e. The Morgan fingerprint density at radius 1 is 1.07 bits per heavy atom. The minimum atomic E-state index is 0.330. The lowest BCUT2D eigenvalue weighted by atomic mass is 10.1. The minimum Gasteiger partial charge on any atom is -0.457 e. The molecule has 0 aliphatic carbocycles. The zero-order valence-corrected chi connectivity index (χ0v) is 17.6. The highest BCUT2D eigenvalue weighted by molar-refractivity contribution is 5.77. The summed E-state index contributed by atoms with van der Waals surface area (Å²) < 4.78 is 11.3. The SMILES string of the molecule is CCN(Cc1nc2ccc(Oc3ccc(-c4ccn[nH]4)cc3)cc2[nH]1)C(C)COC. The van der Waals surface area contributed by atoms with Crippen LogP contribution < -0.4 is 4.74 Å². The minimum absolute atomic E-state index is 0.330. The van der Waals surface area contributed by atoms with Gasteiger partial charge in [-0.05, 0) is 61.5 Å². The number of nitrogens with one attached hydrogen (secondary N) is 2. The van der Waals surface area contributed by atoms with Crippen LogP contribution in [-0.4, -0.2) is 51.4 Å². The maximum Gasteiger partial charge on any atom is 0.129 e. The van der Waals surface area contributed by atoms with Crippen molar-refractivity contribution >= 4 is 11.0 Å². The van der Waals surface area contributed by atoms with Gasteiger partial charge < -0.3 is 14.5 Å². The zero-order valence-electron chi connectivity index (χ0n) is 17.6. The third kappa shape index (κ3) is 4.53. The first-order valence-corrected chi connectivity index (χ1v) is 10.2. The van der Waals surface area contributed by atoms with Crippen LogP contribution in [0.2, 0.25) is 0 Å². The number of nitrogens with zero attached hydrogens (tertiary/aromatic N) is 3. The Labute approximate surface area is 176 Å².